The Morgan fingerprint density at radius 3 is 3.00 bits per heavy atom. The minimum absolute atomic E-state index is 0.426. The van der Waals surface area contributed by atoms with Gasteiger partial charge in [0.1, 0.15) is 11.9 Å². The number of nitrogens with one attached hydrogen (secondary N) is 1. The Bertz CT molecular complexity index is 374. The van der Waals surface area contributed by atoms with E-state index in [9.17, 15) is 0 Å². The second kappa shape index (κ2) is 4.58. The van der Waals surface area contributed by atoms with Crippen molar-refractivity contribution in [2.24, 2.45) is 0 Å². The zero-order valence-corrected chi connectivity index (χ0v) is 10.2. The van der Waals surface area contributed by atoms with Crippen LogP contribution < -0.4 is 10.1 Å². The summed E-state index contributed by atoms with van der Waals surface area (Å²) in [5, 5.41) is 3.43. The van der Waals surface area contributed by atoms with Crippen molar-refractivity contribution in [2.45, 2.75) is 25.4 Å². The lowest BCUT2D eigenvalue weighted by molar-refractivity contribution is 0.193. The van der Waals surface area contributed by atoms with Gasteiger partial charge in [-0.3, -0.25) is 0 Å². The first kappa shape index (κ1) is 10.3. The Morgan fingerprint density at radius 1 is 1.25 bits per heavy atom. The molecule has 1 aromatic rings. The largest absolute Gasteiger partial charge is 0.488 e. The van der Waals surface area contributed by atoms with Gasteiger partial charge in [0.25, 0.3) is 0 Å². The molecule has 2 heterocycles. The summed E-state index contributed by atoms with van der Waals surface area (Å²) >= 11 is 2.04. The number of hydrogen-bond donors (Lipinski definition) is 1. The summed E-state index contributed by atoms with van der Waals surface area (Å²) in [7, 11) is 0. The minimum Gasteiger partial charge on any atom is -0.488 e. The van der Waals surface area contributed by atoms with Crippen molar-refractivity contribution in [1.29, 1.82) is 0 Å². The van der Waals surface area contributed by atoms with Crippen molar-refractivity contribution >= 4 is 17.4 Å². The lowest BCUT2D eigenvalue weighted by Crippen LogP contribution is -2.22. The van der Waals surface area contributed by atoms with E-state index in [4.69, 9.17) is 4.74 Å². The van der Waals surface area contributed by atoms with E-state index >= 15 is 0 Å². The van der Waals surface area contributed by atoms with E-state index in [1.807, 2.05) is 11.8 Å². The van der Waals surface area contributed by atoms with Crippen LogP contribution in [0.5, 0.6) is 5.75 Å². The van der Waals surface area contributed by atoms with E-state index in [0.717, 1.165) is 18.7 Å². The van der Waals surface area contributed by atoms with E-state index < -0.39 is 0 Å². The van der Waals surface area contributed by atoms with Crippen LogP contribution >= 0.6 is 11.8 Å². The fourth-order valence-corrected chi connectivity index (χ4v) is 3.44. The molecule has 3 rings (SSSR count). The highest BCUT2D eigenvalue weighted by Crippen LogP contribution is 2.34. The molecule has 16 heavy (non-hydrogen) atoms. The number of rotatable bonds is 2. The van der Waals surface area contributed by atoms with Gasteiger partial charge in [-0.25, -0.2) is 0 Å². The van der Waals surface area contributed by atoms with Gasteiger partial charge in [0.05, 0.1) is 5.69 Å². The Balaban J connectivity index is 1.76. The van der Waals surface area contributed by atoms with Crippen molar-refractivity contribution in [3.63, 3.8) is 0 Å². The molecule has 0 aromatic heterocycles. The van der Waals surface area contributed by atoms with Gasteiger partial charge in [-0.2, -0.15) is 11.8 Å². The quantitative estimate of drug-likeness (QED) is 0.851. The molecule has 0 atom stereocenters. The zero-order chi connectivity index (χ0) is 10.8. The van der Waals surface area contributed by atoms with E-state index in [-0.39, 0.29) is 0 Å². The number of para-hydroxylation sites is 1. The van der Waals surface area contributed by atoms with Crippen molar-refractivity contribution < 1.29 is 4.74 Å². The van der Waals surface area contributed by atoms with E-state index in [1.165, 1.54) is 35.6 Å². The Morgan fingerprint density at radius 2 is 2.12 bits per heavy atom. The van der Waals surface area contributed by atoms with Gasteiger partial charge in [-0.15, -0.1) is 0 Å². The zero-order valence-electron chi connectivity index (χ0n) is 9.37. The van der Waals surface area contributed by atoms with Crippen LogP contribution in [0.25, 0.3) is 0 Å². The van der Waals surface area contributed by atoms with Gasteiger partial charge >= 0.3 is 0 Å². The molecular formula is C13H17NOS. The highest BCUT2D eigenvalue weighted by Gasteiger charge is 2.19. The highest BCUT2D eigenvalue weighted by atomic mass is 32.2. The molecule has 86 valence electrons. The standard InChI is InChI=1S/C13H17NOS/c1-2-10-4-7-14-13(10)12(3-1)15-11-5-8-16-9-6-11/h1-3,11,14H,4-9H2. The normalized spacial score (nSPS) is 20.2. The molecule has 0 unspecified atom stereocenters. The second-order valence-electron chi connectivity index (χ2n) is 4.40. The smallest absolute Gasteiger partial charge is 0.143 e. The summed E-state index contributed by atoms with van der Waals surface area (Å²) in [6, 6.07) is 6.40. The van der Waals surface area contributed by atoms with Crippen molar-refractivity contribution in [1.82, 2.24) is 0 Å². The molecule has 2 aliphatic rings. The summed E-state index contributed by atoms with van der Waals surface area (Å²) in [6.07, 6.45) is 3.94. The van der Waals surface area contributed by atoms with E-state index in [0.29, 0.717) is 6.10 Å². The van der Waals surface area contributed by atoms with Crippen molar-refractivity contribution in [3.8, 4) is 5.75 Å². The maximum Gasteiger partial charge on any atom is 0.143 e. The molecule has 0 spiro atoms. The molecule has 0 amide bonds. The van der Waals surface area contributed by atoms with Crippen LogP contribution in [-0.4, -0.2) is 24.2 Å². The van der Waals surface area contributed by atoms with Gasteiger partial charge in [0.15, 0.2) is 0 Å². The Labute approximate surface area is 101 Å². The van der Waals surface area contributed by atoms with Gasteiger partial charge in [0, 0.05) is 6.54 Å². The van der Waals surface area contributed by atoms with Crippen LogP contribution in [0, 0.1) is 0 Å². The van der Waals surface area contributed by atoms with Gasteiger partial charge < -0.3 is 10.1 Å². The SMILES string of the molecule is c1cc2c(c(OC3CCSCC3)c1)NCC2. The summed E-state index contributed by atoms with van der Waals surface area (Å²) < 4.78 is 6.12. The van der Waals surface area contributed by atoms with Crippen molar-refractivity contribution in [3.05, 3.63) is 23.8 Å². The highest BCUT2D eigenvalue weighted by molar-refractivity contribution is 7.99. The molecule has 1 fully saturated rings. The molecular weight excluding hydrogens is 218 g/mol. The maximum atomic E-state index is 6.12. The van der Waals surface area contributed by atoms with Crippen LogP contribution in [0.2, 0.25) is 0 Å². The number of benzene rings is 1. The van der Waals surface area contributed by atoms with Gasteiger partial charge in [-0.1, -0.05) is 12.1 Å². The maximum absolute atomic E-state index is 6.12. The fourth-order valence-electron chi connectivity index (χ4n) is 2.38. The monoisotopic (exact) mass is 235 g/mol. The molecule has 0 radical (unpaired) electrons. The van der Waals surface area contributed by atoms with Crippen LogP contribution in [0.1, 0.15) is 18.4 Å². The third kappa shape index (κ3) is 2.01. The summed E-state index contributed by atoms with van der Waals surface area (Å²) in [6.45, 7) is 1.05. The molecule has 1 aromatic carbocycles. The Hall–Kier alpha value is -0.830. The van der Waals surface area contributed by atoms with Gasteiger partial charge in [0.2, 0.25) is 0 Å². The van der Waals surface area contributed by atoms with Crippen LogP contribution in [0.3, 0.4) is 0 Å². The number of hydrogen-bond acceptors (Lipinski definition) is 3. The predicted octanol–water partition coefficient (Wildman–Crippen LogP) is 2.93. The lowest BCUT2D eigenvalue weighted by atomic mass is 10.1. The number of fused-ring (bicyclic) bond motifs is 1. The molecule has 0 saturated carbocycles. The fraction of sp³-hybridized carbons (Fsp3) is 0.538. The number of ether oxygens (including phenoxy) is 1. The molecule has 2 aliphatic heterocycles. The second-order valence-corrected chi connectivity index (χ2v) is 5.62. The summed E-state index contributed by atoms with van der Waals surface area (Å²) in [5.74, 6) is 3.55. The number of thioether (sulfide) groups is 1. The molecule has 2 nitrogen and oxygen atoms in total. The van der Waals surface area contributed by atoms with E-state index in [2.05, 4.69) is 23.5 Å². The number of anilines is 1. The third-order valence-corrected chi connectivity index (χ3v) is 4.32. The van der Waals surface area contributed by atoms with Crippen LogP contribution in [0.4, 0.5) is 5.69 Å². The molecule has 0 bridgehead atoms. The molecule has 1 saturated heterocycles. The third-order valence-electron chi connectivity index (χ3n) is 3.27. The van der Waals surface area contributed by atoms with E-state index in [1.54, 1.807) is 0 Å². The van der Waals surface area contributed by atoms with Crippen LogP contribution in [-0.2, 0) is 6.42 Å². The average molecular weight is 235 g/mol. The minimum atomic E-state index is 0.426. The molecule has 1 N–H and O–H groups in total. The summed E-state index contributed by atoms with van der Waals surface area (Å²) in [4.78, 5) is 0. The lowest BCUT2D eigenvalue weighted by Gasteiger charge is -2.24. The van der Waals surface area contributed by atoms with Crippen LogP contribution in [0.15, 0.2) is 18.2 Å². The van der Waals surface area contributed by atoms with Crippen molar-refractivity contribution in [2.75, 3.05) is 23.4 Å². The first-order valence-electron chi connectivity index (χ1n) is 6.03. The first-order chi connectivity index (χ1) is 7.93. The molecule has 3 heteroatoms. The Kier molecular flexibility index (Phi) is 2.96. The summed E-state index contributed by atoms with van der Waals surface area (Å²) in [5.41, 5.74) is 2.64. The molecule has 0 aliphatic carbocycles. The first-order valence-corrected chi connectivity index (χ1v) is 7.19. The average Bonchev–Trinajstić information content (AvgIpc) is 2.80. The predicted molar refractivity (Wildman–Crippen MR) is 69.6 cm³/mol. The van der Waals surface area contributed by atoms with Gasteiger partial charge in [-0.05, 0) is 42.4 Å². The topological polar surface area (TPSA) is 21.3 Å².